The first-order chi connectivity index (χ1) is 12.6. The number of carboxylic acid groups (broad SMARTS) is 1. The second kappa shape index (κ2) is 8.23. The highest BCUT2D eigenvalue weighted by Crippen LogP contribution is 2.24. The van der Waals surface area contributed by atoms with Crippen LogP contribution in [0.1, 0.15) is 24.8 Å². The van der Waals surface area contributed by atoms with Crippen molar-refractivity contribution in [2.45, 2.75) is 31.8 Å². The van der Waals surface area contributed by atoms with E-state index in [9.17, 15) is 9.59 Å². The number of aromatic amines is 1. The van der Waals surface area contributed by atoms with Crippen LogP contribution in [0.3, 0.4) is 0 Å². The van der Waals surface area contributed by atoms with Crippen molar-refractivity contribution in [2.24, 2.45) is 0 Å². The lowest BCUT2D eigenvalue weighted by atomic mass is 10.1. The Morgan fingerprint density at radius 1 is 1.42 bits per heavy atom. The molecule has 2 aromatic rings. The lowest BCUT2D eigenvalue weighted by molar-refractivity contribution is -0.139. The van der Waals surface area contributed by atoms with Crippen molar-refractivity contribution in [3.63, 3.8) is 0 Å². The van der Waals surface area contributed by atoms with Gasteiger partial charge >= 0.3 is 5.97 Å². The van der Waals surface area contributed by atoms with Crippen LogP contribution >= 0.6 is 0 Å². The summed E-state index contributed by atoms with van der Waals surface area (Å²) in [6.45, 7) is 1.34. The summed E-state index contributed by atoms with van der Waals surface area (Å²) in [5, 5.41) is 9.91. The van der Waals surface area contributed by atoms with E-state index < -0.39 is 5.97 Å². The first-order valence-corrected chi connectivity index (χ1v) is 8.82. The van der Waals surface area contributed by atoms with Gasteiger partial charge < -0.3 is 24.5 Å². The van der Waals surface area contributed by atoms with E-state index in [2.05, 4.69) is 4.98 Å². The molecule has 0 bridgehead atoms. The van der Waals surface area contributed by atoms with E-state index in [4.69, 9.17) is 14.6 Å². The highest BCUT2D eigenvalue weighted by molar-refractivity contribution is 5.90. The van der Waals surface area contributed by atoms with Crippen molar-refractivity contribution >= 4 is 22.8 Å². The molecule has 1 atom stereocenters. The van der Waals surface area contributed by atoms with Gasteiger partial charge in [-0.05, 0) is 36.6 Å². The van der Waals surface area contributed by atoms with Crippen molar-refractivity contribution in [1.29, 1.82) is 0 Å². The Labute approximate surface area is 151 Å². The molecule has 2 heterocycles. The number of rotatable bonds is 8. The molecule has 3 rings (SSSR count). The van der Waals surface area contributed by atoms with Crippen molar-refractivity contribution in [3.05, 3.63) is 30.0 Å². The molecule has 1 aliphatic rings. The second-order valence-corrected chi connectivity index (χ2v) is 6.52. The van der Waals surface area contributed by atoms with Gasteiger partial charge in [-0.1, -0.05) is 0 Å². The number of hydrogen-bond acceptors (Lipinski definition) is 4. The molecule has 7 nitrogen and oxygen atoms in total. The zero-order valence-electron chi connectivity index (χ0n) is 14.9. The summed E-state index contributed by atoms with van der Waals surface area (Å²) in [5.74, 6) is -0.273. The Bertz CT molecular complexity index is 779. The van der Waals surface area contributed by atoms with Gasteiger partial charge in [0, 0.05) is 36.8 Å². The van der Waals surface area contributed by atoms with Crippen LogP contribution in [-0.2, 0) is 20.7 Å². The van der Waals surface area contributed by atoms with Crippen molar-refractivity contribution < 1.29 is 24.2 Å². The maximum atomic E-state index is 12.8. The number of methoxy groups -OCH3 is 1. The third kappa shape index (κ3) is 4.35. The van der Waals surface area contributed by atoms with E-state index in [1.165, 1.54) is 0 Å². The zero-order chi connectivity index (χ0) is 18.5. The van der Waals surface area contributed by atoms with Crippen LogP contribution in [0.5, 0.6) is 5.75 Å². The van der Waals surface area contributed by atoms with Gasteiger partial charge in [0.05, 0.1) is 26.1 Å². The maximum Gasteiger partial charge on any atom is 0.305 e. The van der Waals surface area contributed by atoms with Gasteiger partial charge in [-0.25, -0.2) is 0 Å². The first kappa shape index (κ1) is 18.3. The highest BCUT2D eigenvalue weighted by atomic mass is 16.5. The average molecular weight is 360 g/mol. The quantitative estimate of drug-likeness (QED) is 0.753. The minimum atomic E-state index is -0.910. The van der Waals surface area contributed by atoms with Crippen LogP contribution in [0.25, 0.3) is 10.9 Å². The maximum absolute atomic E-state index is 12.8. The fourth-order valence-electron chi connectivity index (χ4n) is 3.29. The fraction of sp³-hybridized carbons (Fsp3) is 0.474. The van der Waals surface area contributed by atoms with E-state index in [1.54, 1.807) is 12.0 Å². The Morgan fingerprint density at radius 3 is 2.96 bits per heavy atom. The topological polar surface area (TPSA) is 91.9 Å². The molecular weight excluding hydrogens is 336 g/mol. The number of aliphatic carboxylic acids is 1. The molecule has 0 saturated carbocycles. The molecule has 0 unspecified atom stereocenters. The molecule has 0 spiro atoms. The molecule has 0 radical (unpaired) electrons. The molecule has 1 amide bonds. The second-order valence-electron chi connectivity index (χ2n) is 6.52. The van der Waals surface area contributed by atoms with Crippen LogP contribution in [0.2, 0.25) is 0 Å². The van der Waals surface area contributed by atoms with Crippen LogP contribution in [0.15, 0.2) is 24.4 Å². The molecule has 2 N–H and O–H groups in total. The van der Waals surface area contributed by atoms with E-state index in [-0.39, 0.29) is 31.4 Å². The number of fused-ring (bicyclic) bond motifs is 1. The molecule has 140 valence electrons. The smallest absolute Gasteiger partial charge is 0.305 e. The Kier molecular flexibility index (Phi) is 5.78. The Hall–Kier alpha value is -2.54. The largest absolute Gasteiger partial charge is 0.497 e. The summed E-state index contributed by atoms with van der Waals surface area (Å²) in [6.07, 6.45) is 3.84. The number of carboxylic acids is 1. The molecule has 0 aliphatic carbocycles. The molecule has 7 heteroatoms. The number of benzene rings is 1. The third-order valence-corrected chi connectivity index (χ3v) is 4.71. The molecular formula is C19H24N2O5. The van der Waals surface area contributed by atoms with Gasteiger partial charge in [0.2, 0.25) is 5.91 Å². The molecule has 26 heavy (non-hydrogen) atoms. The third-order valence-electron chi connectivity index (χ3n) is 4.71. The standard InChI is InChI=1S/C19H24N2O5/c1-25-14-4-5-17-16(10-14)13(11-20-17)9-18(22)21(7-6-19(23)24)12-15-3-2-8-26-15/h4-5,10-11,15,20H,2-3,6-9,12H2,1H3,(H,23,24)/t15-/m1/s1. The summed E-state index contributed by atoms with van der Waals surface area (Å²) >= 11 is 0. The SMILES string of the molecule is COc1ccc2[nH]cc(CC(=O)N(CCC(=O)O)C[C@H]3CCCO3)c2c1. The number of carbonyl (C=O) groups is 2. The van der Waals surface area contributed by atoms with E-state index >= 15 is 0 Å². The monoisotopic (exact) mass is 360 g/mol. The van der Waals surface area contributed by atoms with Crippen LogP contribution in [0, 0.1) is 0 Å². The predicted octanol–water partition coefficient (Wildman–Crippen LogP) is 2.20. The Morgan fingerprint density at radius 2 is 2.27 bits per heavy atom. The van der Waals surface area contributed by atoms with Gasteiger partial charge in [0.1, 0.15) is 5.75 Å². The van der Waals surface area contributed by atoms with Crippen LogP contribution in [-0.4, -0.2) is 59.8 Å². The number of nitrogens with one attached hydrogen (secondary N) is 1. The van der Waals surface area contributed by atoms with Gasteiger partial charge in [0.25, 0.3) is 0 Å². The summed E-state index contributed by atoms with van der Waals surface area (Å²) in [5.41, 5.74) is 1.81. The molecule has 1 saturated heterocycles. The lowest BCUT2D eigenvalue weighted by Gasteiger charge is -2.25. The number of aromatic nitrogens is 1. The number of H-pyrrole nitrogens is 1. The molecule has 1 aromatic carbocycles. The number of ether oxygens (including phenoxy) is 2. The summed E-state index contributed by atoms with van der Waals surface area (Å²) in [6, 6.07) is 5.67. The zero-order valence-corrected chi connectivity index (χ0v) is 14.9. The van der Waals surface area contributed by atoms with Crippen LogP contribution in [0.4, 0.5) is 0 Å². The van der Waals surface area contributed by atoms with Gasteiger partial charge in [-0.2, -0.15) is 0 Å². The number of hydrogen-bond donors (Lipinski definition) is 2. The summed E-state index contributed by atoms with van der Waals surface area (Å²) < 4.78 is 10.9. The predicted molar refractivity (Wildman–Crippen MR) is 96.4 cm³/mol. The van der Waals surface area contributed by atoms with Crippen molar-refractivity contribution in [1.82, 2.24) is 9.88 Å². The summed E-state index contributed by atoms with van der Waals surface area (Å²) in [4.78, 5) is 28.6. The lowest BCUT2D eigenvalue weighted by Crippen LogP contribution is -2.39. The van der Waals surface area contributed by atoms with Gasteiger partial charge in [-0.15, -0.1) is 0 Å². The fourth-order valence-corrected chi connectivity index (χ4v) is 3.29. The van der Waals surface area contributed by atoms with Crippen LogP contribution < -0.4 is 4.74 Å². The van der Waals surface area contributed by atoms with Gasteiger partial charge in [-0.3, -0.25) is 9.59 Å². The minimum Gasteiger partial charge on any atom is -0.497 e. The van der Waals surface area contributed by atoms with E-state index in [0.717, 1.165) is 35.1 Å². The van der Waals surface area contributed by atoms with E-state index in [0.29, 0.717) is 13.2 Å². The normalized spacial score (nSPS) is 16.7. The van der Waals surface area contributed by atoms with Crippen molar-refractivity contribution in [3.8, 4) is 5.75 Å². The van der Waals surface area contributed by atoms with Gasteiger partial charge in [0.15, 0.2) is 0 Å². The Balaban J connectivity index is 1.74. The number of nitrogens with zero attached hydrogens (tertiary/aromatic N) is 1. The number of amides is 1. The first-order valence-electron chi connectivity index (χ1n) is 8.82. The minimum absolute atomic E-state index is 0.00388. The molecule has 1 fully saturated rings. The average Bonchev–Trinajstić information content (AvgIpc) is 3.28. The highest BCUT2D eigenvalue weighted by Gasteiger charge is 2.23. The number of carbonyl (C=O) groups excluding carboxylic acids is 1. The summed E-state index contributed by atoms with van der Waals surface area (Å²) in [7, 11) is 1.61. The molecule has 1 aliphatic heterocycles. The molecule has 1 aromatic heterocycles. The van der Waals surface area contributed by atoms with E-state index in [1.807, 2.05) is 24.4 Å². The van der Waals surface area contributed by atoms with Crippen molar-refractivity contribution in [2.75, 3.05) is 26.8 Å².